The van der Waals surface area contributed by atoms with Crippen LogP contribution >= 0.6 is 0 Å². The van der Waals surface area contributed by atoms with Gasteiger partial charge in [0.2, 0.25) is 11.8 Å². The highest BCUT2D eigenvalue weighted by Gasteiger charge is 2.33. The molecule has 0 spiro atoms. The Kier molecular flexibility index (Phi) is 5.58. The standard InChI is InChI=1S/C15H27N3O3/c1-10-3-4-13(16)12(9-10)14(19)17-11(2)15(20)18-5-7-21-8-6-18/h10-13H,3-9,16H2,1-2H3,(H,17,19). The molecule has 6 nitrogen and oxygen atoms in total. The van der Waals surface area contributed by atoms with Crippen molar-refractivity contribution in [2.75, 3.05) is 26.3 Å². The predicted molar refractivity (Wildman–Crippen MR) is 79.5 cm³/mol. The lowest BCUT2D eigenvalue weighted by atomic mass is 9.78. The third kappa shape index (κ3) is 4.17. The van der Waals surface area contributed by atoms with Crippen molar-refractivity contribution in [3.05, 3.63) is 0 Å². The second kappa shape index (κ2) is 7.22. The van der Waals surface area contributed by atoms with Crippen molar-refractivity contribution in [2.45, 2.75) is 45.2 Å². The van der Waals surface area contributed by atoms with Crippen LogP contribution in [0.25, 0.3) is 0 Å². The average Bonchev–Trinajstić information content (AvgIpc) is 2.49. The molecular weight excluding hydrogens is 270 g/mol. The SMILES string of the molecule is CC1CCC(N)C(C(=O)NC(C)C(=O)N2CCOCC2)C1. The molecule has 21 heavy (non-hydrogen) atoms. The van der Waals surface area contributed by atoms with Crippen LogP contribution in [0.4, 0.5) is 0 Å². The first-order valence-corrected chi connectivity index (χ1v) is 7.91. The fourth-order valence-corrected chi connectivity index (χ4v) is 3.15. The summed E-state index contributed by atoms with van der Waals surface area (Å²) in [6.07, 6.45) is 2.77. The van der Waals surface area contributed by atoms with E-state index in [0.717, 1.165) is 19.3 Å². The van der Waals surface area contributed by atoms with Crippen molar-refractivity contribution in [1.29, 1.82) is 0 Å². The molecule has 120 valence electrons. The first-order valence-electron chi connectivity index (χ1n) is 7.91. The topological polar surface area (TPSA) is 84.7 Å². The van der Waals surface area contributed by atoms with Crippen LogP contribution in [0, 0.1) is 11.8 Å². The van der Waals surface area contributed by atoms with Crippen LogP contribution in [-0.4, -0.2) is 55.1 Å². The monoisotopic (exact) mass is 297 g/mol. The first-order chi connectivity index (χ1) is 9.99. The Morgan fingerprint density at radius 1 is 1.29 bits per heavy atom. The van der Waals surface area contributed by atoms with Gasteiger partial charge >= 0.3 is 0 Å². The number of ether oxygens (including phenoxy) is 1. The van der Waals surface area contributed by atoms with E-state index in [4.69, 9.17) is 10.5 Å². The van der Waals surface area contributed by atoms with Gasteiger partial charge in [-0.05, 0) is 32.1 Å². The number of carbonyl (C=O) groups excluding carboxylic acids is 2. The Balaban J connectivity index is 1.87. The van der Waals surface area contributed by atoms with Crippen LogP contribution in [0.15, 0.2) is 0 Å². The molecular formula is C15H27N3O3. The summed E-state index contributed by atoms with van der Waals surface area (Å²) < 4.78 is 5.23. The number of nitrogens with two attached hydrogens (primary N) is 1. The number of carbonyl (C=O) groups is 2. The third-order valence-electron chi connectivity index (χ3n) is 4.55. The van der Waals surface area contributed by atoms with Crippen molar-refractivity contribution in [1.82, 2.24) is 10.2 Å². The number of nitrogens with zero attached hydrogens (tertiary/aromatic N) is 1. The zero-order valence-electron chi connectivity index (χ0n) is 13.0. The molecule has 0 bridgehead atoms. The lowest BCUT2D eigenvalue weighted by Crippen LogP contribution is -2.53. The second-order valence-electron chi connectivity index (χ2n) is 6.36. The molecule has 2 amide bonds. The number of hydrogen-bond donors (Lipinski definition) is 2. The molecule has 6 heteroatoms. The minimum Gasteiger partial charge on any atom is -0.378 e. The molecule has 0 aromatic heterocycles. The molecule has 4 unspecified atom stereocenters. The molecule has 1 aliphatic heterocycles. The van der Waals surface area contributed by atoms with Gasteiger partial charge in [-0.3, -0.25) is 9.59 Å². The van der Waals surface area contributed by atoms with Crippen molar-refractivity contribution < 1.29 is 14.3 Å². The Morgan fingerprint density at radius 3 is 2.62 bits per heavy atom. The zero-order valence-corrected chi connectivity index (χ0v) is 13.0. The summed E-state index contributed by atoms with van der Waals surface area (Å²) in [6, 6.07) is -0.591. The van der Waals surface area contributed by atoms with Crippen LogP contribution in [0.5, 0.6) is 0 Å². The molecule has 1 saturated carbocycles. The molecule has 4 atom stereocenters. The van der Waals surface area contributed by atoms with Gasteiger partial charge in [-0.25, -0.2) is 0 Å². The molecule has 2 aliphatic rings. The quantitative estimate of drug-likeness (QED) is 0.774. The second-order valence-corrected chi connectivity index (χ2v) is 6.36. The van der Waals surface area contributed by atoms with Gasteiger partial charge < -0.3 is 20.7 Å². The smallest absolute Gasteiger partial charge is 0.245 e. The van der Waals surface area contributed by atoms with Gasteiger partial charge in [0, 0.05) is 19.1 Å². The largest absolute Gasteiger partial charge is 0.378 e. The minimum atomic E-state index is -0.500. The van der Waals surface area contributed by atoms with Crippen molar-refractivity contribution in [2.24, 2.45) is 17.6 Å². The highest BCUT2D eigenvalue weighted by Crippen LogP contribution is 2.28. The molecule has 3 N–H and O–H groups in total. The molecule has 1 saturated heterocycles. The van der Waals surface area contributed by atoms with Crippen molar-refractivity contribution in [3.8, 4) is 0 Å². The van der Waals surface area contributed by atoms with Gasteiger partial charge in [0.1, 0.15) is 6.04 Å². The summed E-state index contributed by atoms with van der Waals surface area (Å²) in [6.45, 7) is 6.22. The fourth-order valence-electron chi connectivity index (χ4n) is 3.15. The van der Waals surface area contributed by atoms with E-state index >= 15 is 0 Å². The van der Waals surface area contributed by atoms with E-state index in [-0.39, 0.29) is 23.8 Å². The maximum Gasteiger partial charge on any atom is 0.245 e. The van der Waals surface area contributed by atoms with E-state index < -0.39 is 6.04 Å². The number of amides is 2. The van der Waals surface area contributed by atoms with Gasteiger partial charge in [-0.15, -0.1) is 0 Å². The highest BCUT2D eigenvalue weighted by molar-refractivity contribution is 5.88. The number of rotatable bonds is 3. The Bertz CT molecular complexity index is 382. The Hall–Kier alpha value is -1.14. The number of nitrogens with one attached hydrogen (secondary N) is 1. The lowest BCUT2D eigenvalue weighted by Gasteiger charge is -2.33. The van der Waals surface area contributed by atoms with Crippen molar-refractivity contribution >= 4 is 11.8 Å². The summed E-state index contributed by atoms with van der Waals surface area (Å²) in [5.74, 6) is 0.228. The normalized spacial score (nSPS) is 31.6. The van der Waals surface area contributed by atoms with Gasteiger partial charge in [-0.2, -0.15) is 0 Å². The minimum absolute atomic E-state index is 0.0379. The van der Waals surface area contributed by atoms with E-state index in [0.29, 0.717) is 32.2 Å². The average molecular weight is 297 g/mol. The summed E-state index contributed by atoms with van der Waals surface area (Å²) >= 11 is 0. The maximum atomic E-state index is 12.4. The Morgan fingerprint density at radius 2 is 1.95 bits per heavy atom. The molecule has 0 radical (unpaired) electrons. The first kappa shape index (κ1) is 16.2. The van der Waals surface area contributed by atoms with Crippen LogP contribution in [-0.2, 0) is 14.3 Å². The van der Waals surface area contributed by atoms with Crippen LogP contribution in [0.2, 0.25) is 0 Å². The van der Waals surface area contributed by atoms with Gasteiger partial charge in [0.15, 0.2) is 0 Å². The van der Waals surface area contributed by atoms with Crippen molar-refractivity contribution in [3.63, 3.8) is 0 Å². The molecule has 1 heterocycles. The van der Waals surface area contributed by atoms with E-state index in [1.165, 1.54) is 0 Å². The van der Waals surface area contributed by atoms with Crippen LogP contribution in [0.1, 0.15) is 33.1 Å². The van der Waals surface area contributed by atoms with E-state index in [1.807, 2.05) is 0 Å². The van der Waals surface area contributed by atoms with E-state index in [1.54, 1.807) is 11.8 Å². The summed E-state index contributed by atoms with van der Waals surface area (Å²) in [5, 5.41) is 2.85. The van der Waals surface area contributed by atoms with Gasteiger partial charge in [0.25, 0.3) is 0 Å². The summed E-state index contributed by atoms with van der Waals surface area (Å²) in [7, 11) is 0. The zero-order chi connectivity index (χ0) is 15.4. The lowest BCUT2D eigenvalue weighted by molar-refractivity contribution is -0.140. The summed E-state index contributed by atoms with van der Waals surface area (Å²) in [5.41, 5.74) is 6.06. The molecule has 0 aromatic carbocycles. The number of morpholine rings is 1. The van der Waals surface area contributed by atoms with Gasteiger partial charge in [-0.1, -0.05) is 6.92 Å². The molecule has 2 fully saturated rings. The van der Waals surface area contributed by atoms with Crippen LogP contribution in [0.3, 0.4) is 0 Å². The fraction of sp³-hybridized carbons (Fsp3) is 0.867. The highest BCUT2D eigenvalue weighted by atomic mass is 16.5. The molecule has 1 aliphatic carbocycles. The number of hydrogen-bond acceptors (Lipinski definition) is 4. The Labute approximate surface area is 126 Å². The van der Waals surface area contributed by atoms with E-state index in [9.17, 15) is 9.59 Å². The predicted octanol–water partition coefficient (Wildman–Crippen LogP) is 0.113. The summed E-state index contributed by atoms with van der Waals surface area (Å²) in [4.78, 5) is 26.4. The van der Waals surface area contributed by atoms with E-state index in [2.05, 4.69) is 12.2 Å². The third-order valence-corrected chi connectivity index (χ3v) is 4.55. The molecule has 0 aromatic rings. The van der Waals surface area contributed by atoms with Crippen LogP contribution < -0.4 is 11.1 Å². The van der Waals surface area contributed by atoms with Gasteiger partial charge in [0.05, 0.1) is 19.1 Å². The molecule has 2 rings (SSSR count). The maximum absolute atomic E-state index is 12.4.